The molecule has 1 saturated heterocycles. The summed E-state index contributed by atoms with van der Waals surface area (Å²) in [6.07, 6.45) is 2.90. The van der Waals surface area contributed by atoms with E-state index in [1.54, 1.807) is 11.1 Å². The summed E-state index contributed by atoms with van der Waals surface area (Å²) in [6, 6.07) is 3.73. The van der Waals surface area contributed by atoms with Crippen LogP contribution in [0.15, 0.2) is 18.3 Å². The number of hydrogen-bond acceptors (Lipinski definition) is 5. The molecule has 2 amide bonds. The van der Waals surface area contributed by atoms with E-state index in [-0.39, 0.29) is 17.7 Å². The summed E-state index contributed by atoms with van der Waals surface area (Å²) < 4.78 is 0.908. The number of nitrogen functional groups attached to an aromatic ring is 1. The molecule has 110 valence electrons. The number of carbonyl (C=O) groups is 2. The van der Waals surface area contributed by atoms with Crippen LogP contribution in [0.1, 0.15) is 22.5 Å². The third-order valence-electron chi connectivity index (χ3n) is 3.86. The molecule has 0 aromatic carbocycles. The van der Waals surface area contributed by atoms with Gasteiger partial charge in [-0.2, -0.15) is 0 Å². The topological polar surface area (TPSA) is 102 Å². The molecule has 0 aliphatic carbocycles. The van der Waals surface area contributed by atoms with Gasteiger partial charge in [-0.05, 0) is 25.0 Å². The molecule has 3 rings (SSSR count). The first-order valence-electron chi connectivity index (χ1n) is 6.79. The molecule has 3 heterocycles. The SMILES string of the molecule is NC(=O)C1CCN(C(=O)c2sc3cccnc3c2N)CC1. The molecule has 1 aliphatic heterocycles. The maximum absolute atomic E-state index is 12.6. The van der Waals surface area contributed by atoms with Crippen LogP contribution < -0.4 is 11.5 Å². The van der Waals surface area contributed by atoms with E-state index in [0.29, 0.717) is 42.0 Å². The Labute approximate surface area is 125 Å². The minimum absolute atomic E-state index is 0.0848. The summed E-state index contributed by atoms with van der Waals surface area (Å²) in [7, 11) is 0. The van der Waals surface area contributed by atoms with Gasteiger partial charge in [0.25, 0.3) is 5.91 Å². The number of amides is 2. The lowest BCUT2D eigenvalue weighted by Crippen LogP contribution is -2.41. The standard InChI is InChI=1S/C14H16N4O2S/c15-10-11-9(2-1-5-17-11)21-12(10)14(20)18-6-3-8(4-7-18)13(16)19/h1-2,5,8H,3-4,6-7,15H2,(H2,16,19). The smallest absolute Gasteiger partial charge is 0.266 e. The minimum Gasteiger partial charge on any atom is -0.396 e. The van der Waals surface area contributed by atoms with Crippen LogP contribution in [0.2, 0.25) is 0 Å². The molecule has 2 aromatic heterocycles. The summed E-state index contributed by atoms with van der Waals surface area (Å²) in [5.74, 6) is -0.499. The molecule has 21 heavy (non-hydrogen) atoms. The number of fused-ring (bicyclic) bond motifs is 1. The fourth-order valence-electron chi connectivity index (χ4n) is 2.62. The maximum Gasteiger partial charge on any atom is 0.266 e. The normalized spacial score (nSPS) is 16.3. The number of hydrogen-bond donors (Lipinski definition) is 2. The van der Waals surface area contributed by atoms with Crippen LogP contribution in [0.3, 0.4) is 0 Å². The Morgan fingerprint density at radius 2 is 2.05 bits per heavy atom. The Morgan fingerprint density at radius 3 is 2.67 bits per heavy atom. The first-order valence-corrected chi connectivity index (χ1v) is 7.61. The van der Waals surface area contributed by atoms with E-state index >= 15 is 0 Å². The Hall–Kier alpha value is -2.15. The van der Waals surface area contributed by atoms with Gasteiger partial charge in [-0.3, -0.25) is 14.6 Å². The van der Waals surface area contributed by atoms with E-state index in [1.165, 1.54) is 11.3 Å². The Morgan fingerprint density at radius 1 is 1.33 bits per heavy atom. The number of anilines is 1. The van der Waals surface area contributed by atoms with Crippen molar-refractivity contribution in [3.8, 4) is 0 Å². The van der Waals surface area contributed by atoms with Gasteiger partial charge in [0.1, 0.15) is 10.4 Å². The molecular weight excluding hydrogens is 288 g/mol. The largest absolute Gasteiger partial charge is 0.396 e. The Balaban J connectivity index is 1.82. The molecule has 0 radical (unpaired) electrons. The average Bonchev–Trinajstić information content (AvgIpc) is 2.84. The third-order valence-corrected chi connectivity index (χ3v) is 5.01. The minimum atomic E-state index is -0.285. The molecule has 2 aromatic rings. The maximum atomic E-state index is 12.6. The molecule has 0 saturated carbocycles. The van der Waals surface area contributed by atoms with Crippen molar-refractivity contribution in [2.24, 2.45) is 11.7 Å². The Kier molecular flexibility index (Phi) is 3.50. The van der Waals surface area contributed by atoms with Crippen LogP contribution in [0.4, 0.5) is 5.69 Å². The lowest BCUT2D eigenvalue weighted by atomic mass is 9.96. The molecule has 1 aliphatic rings. The van der Waals surface area contributed by atoms with E-state index in [0.717, 1.165) is 4.70 Å². The van der Waals surface area contributed by atoms with Crippen molar-refractivity contribution < 1.29 is 9.59 Å². The fourth-order valence-corrected chi connectivity index (χ4v) is 3.67. The van der Waals surface area contributed by atoms with Gasteiger partial charge >= 0.3 is 0 Å². The van der Waals surface area contributed by atoms with Crippen molar-refractivity contribution in [2.75, 3.05) is 18.8 Å². The first-order chi connectivity index (χ1) is 10.1. The number of likely N-dealkylation sites (tertiary alicyclic amines) is 1. The van der Waals surface area contributed by atoms with Crippen molar-refractivity contribution in [1.82, 2.24) is 9.88 Å². The highest BCUT2D eigenvalue weighted by Gasteiger charge is 2.28. The first kappa shape index (κ1) is 13.8. The van der Waals surface area contributed by atoms with Gasteiger partial charge in [0.15, 0.2) is 0 Å². The van der Waals surface area contributed by atoms with E-state index in [4.69, 9.17) is 11.5 Å². The summed E-state index contributed by atoms with van der Waals surface area (Å²) in [4.78, 5) is 30.2. The average molecular weight is 304 g/mol. The summed E-state index contributed by atoms with van der Waals surface area (Å²) in [5.41, 5.74) is 12.5. The second-order valence-electron chi connectivity index (χ2n) is 5.16. The monoisotopic (exact) mass is 304 g/mol. The zero-order valence-electron chi connectivity index (χ0n) is 11.4. The van der Waals surface area contributed by atoms with Crippen molar-refractivity contribution >= 4 is 39.1 Å². The van der Waals surface area contributed by atoms with Gasteiger partial charge in [0.2, 0.25) is 5.91 Å². The number of nitrogens with two attached hydrogens (primary N) is 2. The quantitative estimate of drug-likeness (QED) is 0.870. The van der Waals surface area contributed by atoms with E-state index in [2.05, 4.69) is 4.98 Å². The molecule has 0 unspecified atom stereocenters. The molecule has 4 N–H and O–H groups in total. The number of thiophene rings is 1. The van der Waals surface area contributed by atoms with Crippen molar-refractivity contribution in [1.29, 1.82) is 0 Å². The van der Waals surface area contributed by atoms with Crippen LogP contribution in [0, 0.1) is 5.92 Å². The van der Waals surface area contributed by atoms with Crippen LogP contribution >= 0.6 is 11.3 Å². The number of pyridine rings is 1. The lowest BCUT2D eigenvalue weighted by Gasteiger charge is -2.30. The van der Waals surface area contributed by atoms with Gasteiger partial charge in [0.05, 0.1) is 10.4 Å². The highest BCUT2D eigenvalue weighted by Crippen LogP contribution is 2.33. The molecule has 6 nitrogen and oxygen atoms in total. The molecular formula is C14H16N4O2S. The second-order valence-corrected chi connectivity index (χ2v) is 6.22. The van der Waals surface area contributed by atoms with Gasteiger partial charge in [-0.15, -0.1) is 11.3 Å². The van der Waals surface area contributed by atoms with Gasteiger partial charge in [-0.1, -0.05) is 0 Å². The molecule has 0 atom stereocenters. The van der Waals surface area contributed by atoms with Crippen LogP contribution in [0.5, 0.6) is 0 Å². The zero-order valence-corrected chi connectivity index (χ0v) is 12.2. The summed E-state index contributed by atoms with van der Waals surface area (Å²) >= 11 is 1.36. The number of piperidine rings is 1. The summed E-state index contributed by atoms with van der Waals surface area (Å²) in [6.45, 7) is 1.07. The van der Waals surface area contributed by atoms with Crippen LogP contribution in [-0.2, 0) is 4.79 Å². The predicted molar refractivity (Wildman–Crippen MR) is 81.9 cm³/mol. The molecule has 7 heteroatoms. The molecule has 0 bridgehead atoms. The zero-order chi connectivity index (χ0) is 15.0. The van der Waals surface area contributed by atoms with Gasteiger partial charge < -0.3 is 16.4 Å². The van der Waals surface area contributed by atoms with Gasteiger partial charge in [-0.25, -0.2) is 0 Å². The van der Waals surface area contributed by atoms with E-state index in [9.17, 15) is 9.59 Å². The van der Waals surface area contributed by atoms with Crippen molar-refractivity contribution in [3.63, 3.8) is 0 Å². The van der Waals surface area contributed by atoms with E-state index in [1.807, 2.05) is 12.1 Å². The molecule has 0 spiro atoms. The fraction of sp³-hybridized carbons (Fsp3) is 0.357. The molecule has 1 fully saturated rings. The van der Waals surface area contributed by atoms with Crippen LogP contribution in [-0.4, -0.2) is 34.8 Å². The number of carbonyl (C=O) groups excluding carboxylic acids is 2. The number of aromatic nitrogens is 1. The number of nitrogens with zero attached hydrogens (tertiary/aromatic N) is 2. The van der Waals surface area contributed by atoms with Crippen molar-refractivity contribution in [3.05, 3.63) is 23.2 Å². The Bertz CT molecular complexity index is 704. The predicted octanol–water partition coefficient (Wildman–Crippen LogP) is 1.22. The highest BCUT2D eigenvalue weighted by atomic mass is 32.1. The van der Waals surface area contributed by atoms with Crippen molar-refractivity contribution in [2.45, 2.75) is 12.8 Å². The lowest BCUT2D eigenvalue weighted by molar-refractivity contribution is -0.123. The second kappa shape index (κ2) is 5.33. The third kappa shape index (κ3) is 2.44. The number of rotatable bonds is 2. The number of primary amides is 1. The van der Waals surface area contributed by atoms with Gasteiger partial charge in [0, 0.05) is 25.2 Å². The van der Waals surface area contributed by atoms with E-state index < -0.39 is 0 Å². The summed E-state index contributed by atoms with van der Waals surface area (Å²) in [5, 5.41) is 0. The van der Waals surface area contributed by atoms with Crippen LogP contribution in [0.25, 0.3) is 10.2 Å². The highest BCUT2D eigenvalue weighted by molar-refractivity contribution is 7.21.